The number of hydrogen-bond donors (Lipinski definition) is 2. The first-order chi connectivity index (χ1) is 10.5. The molecule has 0 bridgehead atoms. The van der Waals surface area contributed by atoms with Crippen LogP contribution in [0.5, 0.6) is 11.5 Å². The van der Waals surface area contributed by atoms with Gasteiger partial charge in [0.1, 0.15) is 17.1 Å². The topological polar surface area (TPSA) is 97.0 Å². The number of furan rings is 1. The van der Waals surface area contributed by atoms with Gasteiger partial charge in [0.15, 0.2) is 5.76 Å². The minimum Gasteiger partial charge on any atom is -0.507 e. The molecule has 22 heavy (non-hydrogen) atoms. The number of carbonyl (C=O) groups excluding carboxylic acids is 1. The molecule has 6 heteroatoms. The van der Waals surface area contributed by atoms with Crippen LogP contribution < -0.4 is 4.74 Å². The molecule has 0 aliphatic carbocycles. The SMILES string of the molecule is CC(C(=O)O)c1cc2c(c(C(=O)c3ccco3)c1O)OCC2. The number of benzene rings is 1. The Bertz CT molecular complexity index is 744. The van der Waals surface area contributed by atoms with E-state index in [1.165, 1.54) is 19.3 Å². The predicted molar refractivity (Wildman–Crippen MR) is 75.5 cm³/mol. The number of aromatic hydroxyl groups is 1. The van der Waals surface area contributed by atoms with Crippen LogP contribution in [-0.4, -0.2) is 28.6 Å². The average Bonchev–Trinajstić information content (AvgIpc) is 3.16. The van der Waals surface area contributed by atoms with Crippen LogP contribution in [0.2, 0.25) is 0 Å². The van der Waals surface area contributed by atoms with Crippen molar-refractivity contribution in [1.29, 1.82) is 0 Å². The van der Waals surface area contributed by atoms with Gasteiger partial charge in [0.25, 0.3) is 0 Å². The quantitative estimate of drug-likeness (QED) is 0.841. The van der Waals surface area contributed by atoms with Crippen LogP contribution in [0.4, 0.5) is 0 Å². The number of hydrogen-bond acceptors (Lipinski definition) is 5. The zero-order valence-electron chi connectivity index (χ0n) is 11.8. The molecule has 1 atom stereocenters. The fourth-order valence-electron chi connectivity index (χ4n) is 2.55. The third kappa shape index (κ3) is 2.13. The molecule has 2 N–H and O–H groups in total. The van der Waals surface area contributed by atoms with Gasteiger partial charge < -0.3 is 19.4 Å². The van der Waals surface area contributed by atoms with E-state index in [2.05, 4.69) is 0 Å². The molecule has 1 unspecified atom stereocenters. The summed E-state index contributed by atoms with van der Waals surface area (Å²) in [6.07, 6.45) is 1.92. The normalized spacial score (nSPS) is 14.2. The van der Waals surface area contributed by atoms with Crippen molar-refractivity contribution in [2.45, 2.75) is 19.3 Å². The highest BCUT2D eigenvalue weighted by Crippen LogP contribution is 2.42. The summed E-state index contributed by atoms with van der Waals surface area (Å²) in [5.41, 5.74) is 0.885. The maximum absolute atomic E-state index is 12.6. The van der Waals surface area contributed by atoms with E-state index < -0.39 is 17.7 Å². The molecule has 6 nitrogen and oxygen atoms in total. The minimum absolute atomic E-state index is 0.0342. The molecule has 0 fully saturated rings. The molecular formula is C16H14O6. The summed E-state index contributed by atoms with van der Waals surface area (Å²) in [7, 11) is 0. The second-order valence-corrected chi connectivity index (χ2v) is 5.14. The van der Waals surface area contributed by atoms with Gasteiger partial charge in [0.2, 0.25) is 5.78 Å². The van der Waals surface area contributed by atoms with Crippen molar-refractivity contribution in [1.82, 2.24) is 0 Å². The first-order valence-corrected chi connectivity index (χ1v) is 6.83. The number of phenols is 1. The number of phenolic OH excluding ortho intramolecular Hbond substituents is 1. The van der Waals surface area contributed by atoms with Gasteiger partial charge in [-0.05, 0) is 30.7 Å². The monoisotopic (exact) mass is 302 g/mol. The Labute approximate surface area is 125 Å². The van der Waals surface area contributed by atoms with Gasteiger partial charge in [-0.15, -0.1) is 0 Å². The molecule has 1 aliphatic rings. The molecular weight excluding hydrogens is 288 g/mol. The van der Waals surface area contributed by atoms with Crippen LogP contribution in [0.15, 0.2) is 28.9 Å². The van der Waals surface area contributed by atoms with Crippen molar-refractivity contribution >= 4 is 11.8 Å². The minimum atomic E-state index is -1.08. The molecule has 0 radical (unpaired) electrons. The molecule has 0 saturated carbocycles. The van der Waals surface area contributed by atoms with E-state index in [0.717, 1.165) is 5.56 Å². The summed E-state index contributed by atoms with van der Waals surface area (Å²) in [4.78, 5) is 23.8. The van der Waals surface area contributed by atoms with Crippen LogP contribution in [0.3, 0.4) is 0 Å². The number of rotatable bonds is 4. The summed E-state index contributed by atoms with van der Waals surface area (Å²) in [6.45, 7) is 1.85. The van der Waals surface area contributed by atoms with Gasteiger partial charge >= 0.3 is 5.97 Å². The zero-order valence-corrected chi connectivity index (χ0v) is 11.8. The summed E-state index contributed by atoms with van der Waals surface area (Å²) in [5, 5.41) is 19.6. The molecule has 1 aliphatic heterocycles. The van der Waals surface area contributed by atoms with Crippen LogP contribution in [-0.2, 0) is 11.2 Å². The predicted octanol–water partition coefficient (Wildman–Crippen LogP) is 2.34. The zero-order chi connectivity index (χ0) is 15.9. The molecule has 1 aromatic carbocycles. The van der Waals surface area contributed by atoms with E-state index >= 15 is 0 Å². The molecule has 1 aromatic heterocycles. The number of carboxylic acid groups (broad SMARTS) is 1. The second-order valence-electron chi connectivity index (χ2n) is 5.14. The Balaban J connectivity index is 2.20. The summed E-state index contributed by atoms with van der Waals surface area (Å²) >= 11 is 0. The lowest BCUT2D eigenvalue weighted by Crippen LogP contribution is -2.11. The van der Waals surface area contributed by atoms with Crippen molar-refractivity contribution in [3.05, 3.63) is 46.9 Å². The maximum atomic E-state index is 12.6. The van der Waals surface area contributed by atoms with E-state index in [9.17, 15) is 19.8 Å². The number of carboxylic acids is 1. The number of ether oxygens (including phenoxy) is 1. The van der Waals surface area contributed by atoms with Crippen LogP contribution in [0, 0.1) is 0 Å². The third-order valence-corrected chi connectivity index (χ3v) is 3.79. The first kappa shape index (κ1) is 14.2. The maximum Gasteiger partial charge on any atom is 0.310 e. The van der Waals surface area contributed by atoms with Crippen LogP contribution in [0.1, 0.15) is 40.1 Å². The first-order valence-electron chi connectivity index (χ1n) is 6.83. The van der Waals surface area contributed by atoms with E-state index in [1.807, 2.05) is 0 Å². The second kappa shape index (κ2) is 5.22. The summed E-state index contributed by atoms with van der Waals surface area (Å²) in [5.74, 6) is -2.54. The van der Waals surface area contributed by atoms with Gasteiger partial charge in [-0.2, -0.15) is 0 Å². The van der Waals surface area contributed by atoms with Crippen molar-refractivity contribution in [3.8, 4) is 11.5 Å². The Morgan fingerprint density at radius 1 is 1.36 bits per heavy atom. The lowest BCUT2D eigenvalue weighted by molar-refractivity contribution is -0.138. The Morgan fingerprint density at radius 2 is 2.14 bits per heavy atom. The number of fused-ring (bicyclic) bond motifs is 1. The van der Waals surface area contributed by atoms with Crippen molar-refractivity contribution in [2.24, 2.45) is 0 Å². The van der Waals surface area contributed by atoms with Gasteiger partial charge in [0, 0.05) is 12.0 Å². The lowest BCUT2D eigenvalue weighted by Gasteiger charge is -2.15. The van der Waals surface area contributed by atoms with Crippen molar-refractivity contribution < 1.29 is 29.0 Å². The number of ketones is 1. The molecule has 0 amide bonds. The van der Waals surface area contributed by atoms with E-state index in [0.29, 0.717) is 18.8 Å². The van der Waals surface area contributed by atoms with E-state index in [4.69, 9.17) is 9.15 Å². The molecule has 114 valence electrons. The highest BCUT2D eigenvalue weighted by atomic mass is 16.5. The summed E-state index contributed by atoms with van der Waals surface area (Å²) in [6, 6.07) is 4.64. The Hall–Kier alpha value is -2.76. The van der Waals surface area contributed by atoms with Gasteiger partial charge in [0.05, 0.1) is 18.8 Å². The average molecular weight is 302 g/mol. The van der Waals surface area contributed by atoms with Crippen molar-refractivity contribution in [2.75, 3.05) is 6.61 Å². The largest absolute Gasteiger partial charge is 0.507 e. The smallest absolute Gasteiger partial charge is 0.310 e. The number of aliphatic carboxylic acids is 1. The molecule has 2 aromatic rings. The summed E-state index contributed by atoms with van der Waals surface area (Å²) < 4.78 is 10.5. The highest BCUT2D eigenvalue weighted by Gasteiger charge is 2.31. The number of carbonyl (C=O) groups is 2. The fourth-order valence-corrected chi connectivity index (χ4v) is 2.55. The van der Waals surface area contributed by atoms with Gasteiger partial charge in [-0.25, -0.2) is 0 Å². The van der Waals surface area contributed by atoms with Gasteiger partial charge in [-0.3, -0.25) is 9.59 Å². The van der Waals surface area contributed by atoms with E-state index in [-0.39, 0.29) is 22.6 Å². The Kier molecular flexibility index (Phi) is 3.36. The lowest BCUT2D eigenvalue weighted by atomic mass is 9.91. The third-order valence-electron chi connectivity index (χ3n) is 3.79. The fraction of sp³-hybridized carbons (Fsp3) is 0.250. The van der Waals surface area contributed by atoms with Gasteiger partial charge in [-0.1, -0.05) is 0 Å². The van der Waals surface area contributed by atoms with E-state index in [1.54, 1.807) is 12.1 Å². The Morgan fingerprint density at radius 3 is 2.77 bits per heavy atom. The van der Waals surface area contributed by atoms with Crippen LogP contribution in [0.25, 0.3) is 0 Å². The molecule has 0 spiro atoms. The highest BCUT2D eigenvalue weighted by molar-refractivity contribution is 6.11. The molecule has 3 rings (SSSR count). The van der Waals surface area contributed by atoms with Crippen molar-refractivity contribution in [3.63, 3.8) is 0 Å². The van der Waals surface area contributed by atoms with Crippen LogP contribution >= 0.6 is 0 Å². The standard InChI is InChI=1S/C16H14O6/c1-8(16(19)20)10-7-9-4-6-22-15(9)12(13(10)17)14(18)11-3-2-5-21-11/h2-3,5,7-8,17H,4,6H2,1H3,(H,19,20). The molecule has 2 heterocycles. The molecule has 0 saturated heterocycles.